The number of hydrogen-bond donors (Lipinski definition) is 2. The van der Waals surface area contributed by atoms with Crippen molar-refractivity contribution in [2.24, 2.45) is 0 Å². The highest BCUT2D eigenvalue weighted by molar-refractivity contribution is 7.91. The van der Waals surface area contributed by atoms with Gasteiger partial charge in [-0.3, -0.25) is 0 Å². The summed E-state index contributed by atoms with van der Waals surface area (Å²) in [7, 11) is -3.13. The molecule has 35 heavy (non-hydrogen) atoms. The van der Waals surface area contributed by atoms with E-state index in [1.54, 1.807) is 0 Å². The van der Waals surface area contributed by atoms with E-state index >= 15 is 0 Å². The molecule has 2 fully saturated rings. The van der Waals surface area contributed by atoms with Crippen molar-refractivity contribution in [3.05, 3.63) is 36.0 Å². The Hall–Kier alpha value is -2.93. The van der Waals surface area contributed by atoms with E-state index in [0.717, 1.165) is 12.1 Å². The standard InChI is InChI=1S/C22H25F3N6O3S/c1-3-21(32)11-30(12-21)18-17-10-26-31(15-6-4-5-13(7-15)22(23,24)25)19(17)29-20(28-18)27-14-8-16(9-14)35(2,33)34/h4-7,10,14,16,32H,3,8-9,11-12H2,1-2H3,(H,27,28,29). The van der Waals surface area contributed by atoms with Crippen LogP contribution in [0.2, 0.25) is 0 Å². The van der Waals surface area contributed by atoms with E-state index in [-0.39, 0.29) is 17.7 Å². The minimum atomic E-state index is -4.51. The largest absolute Gasteiger partial charge is 0.416 e. The van der Waals surface area contributed by atoms with Gasteiger partial charge in [0, 0.05) is 25.4 Å². The summed E-state index contributed by atoms with van der Waals surface area (Å²) in [6, 6.07) is 4.67. The SMILES string of the molecule is CCC1(O)CN(c2nc(NC3CC(S(C)(=O)=O)C3)nc3c2cnn3-c2cccc(C(F)(F)F)c2)C1. The number of nitrogens with one attached hydrogen (secondary N) is 1. The van der Waals surface area contributed by atoms with Crippen molar-refractivity contribution >= 4 is 32.6 Å². The summed E-state index contributed by atoms with van der Waals surface area (Å²) in [6.07, 6.45) is -0.388. The highest BCUT2D eigenvalue weighted by atomic mass is 32.2. The Morgan fingerprint density at radius 2 is 1.94 bits per heavy atom. The summed E-state index contributed by atoms with van der Waals surface area (Å²) in [5.41, 5.74) is -1.13. The van der Waals surface area contributed by atoms with Crippen LogP contribution >= 0.6 is 0 Å². The topological polar surface area (TPSA) is 113 Å². The third kappa shape index (κ3) is 4.42. The van der Waals surface area contributed by atoms with E-state index in [9.17, 15) is 26.7 Å². The molecule has 5 rings (SSSR count). The average molecular weight is 511 g/mol. The molecular formula is C22H25F3N6O3S. The number of aromatic nitrogens is 4. The number of β-amino-alcohol motifs (C(OH)–C–C–N with tert-alkyl or cyclic N) is 1. The lowest BCUT2D eigenvalue weighted by molar-refractivity contribution is -0.137. The predicted octanol–water partition coefficient (Wildman–Crippen LogP) is 2.78. The van der Waals surface area contributed by atoms with Crippen molar-refractivity contribution in [2.45, 2.75) is 49.3 Å². The van der Waals surface area contributed by atoms with E-state index in [1.807, 2.05) is 11.8 Å². The second kappa shape index (κ2) is 8.05. The maximum absolute atomic E-state index is 13.3. The molecule has 0 atom stereocenters. The smallest absolute Gasteiger partial charge is 0.386 e. The first-order valence-electron chi connectivity index (χ1n) is 11.2. The second-order valence-electron chi connectivity index (χ2n) is 9.41. The summed E-state index contributed by atoms with van der Waals surface area (Å²) in [6.45, 7) is 2.59. The van der Waals surface area contributed by atoms with Gasteiger partial charge in [0.2, 0.25) is 5.95 Å². The number of halogens is 3. The Balaban J connectivity index is 1.53. The van der Waals surface area contributed by atoms with Crippen molar-refractivity contribution < 1.29 is 26.7 Å². The Kier molecular flexibility index (Phi) is 5.47. The zero-order chi connectivity index (χ0) is 25.2. The number of fused-ring (bicyclic) bond motifs is 1. The molecule has 13 heteroatoms. The molecule has 2 N–H and O–H groups in total. The molecule has 1 aromatic carbocycles. The zero-order valence-electron chi connectivity index (χ0n) is 19.1. The maximum atomic E-state index is 13.3. The number of aliphatic hydroxyl groups is 1. The quantitative estimate of drug-likeness (QED) is 0.521. The number of alkyl halides is 3. The molecule has 0 amide bonds. The van der Waals surface area contributed by atoms with Crippen LogP contribution in [-0.4, -0.2) is 69.5 Å². The van der Waals surface area contributed by atoms with E-state index in [1.165, 1.54) is 29.3 Å². The predicted molar refractivity (Wildman–Crippen MR) is 124 cm³/mol. The first-order chi connectivity index (χ1) is 16.4. The van der Waals surface area contributed by atoms with Gasteiger partial charge >= 0.3 is 6.18 Å². The molecule has 1 saturated heterocycles. The van der Waals surface area contributed by atoms with E-state index in [2.05, 4.69) is 20.4 Å². The Morgan fingerprint density at radius 1 is 1.23 bits per heavy atom. The number of benzene rings is 1. The minimum Gasteiger partial charge on any atom is -0.386 e. The summed E-state index contributed by atoms with van der Waals surface area (Å²) in [5, 5.41) is 18.1. The van der Waals surface area contributed by atoms with Crippen LogP contribution in [0.4, 0.5) is 24.9 Å². The van der Waals surface area contributed by atoms with E-state index in [4.69, 9.17) is 0 Å². The van der Waals surface area contributed by atoms with Gasteiger partial charge in [-0.15, -0.1) is 0 Å². The van der Waals surface area contributed by atoms with Crippen LogP contribution in [0, 0.1) is 0 Å². The van der Waals surface area contributed by atoms with Crippen LogP contribution in [0.25, 0.3) is 16.7 Å². The fourth-order valence-electron chi connectivity index (χ4n) is 4.45. The first kappa shape index (κ1) is 23.8. The van der Waals surface area contributed by atoms with Crippen LogP contribution in [0.3, 0.4) is 0 Å². The highest BCUT2D eigenvalue weighted by Gasteiger charge is 2.42. The molecule has 2 aromatic heterocycles. The van der Waals surface area contributed by atoms with Crippen molar-refractivity contribution in [1.82, 2.24) is 19.7 Å². The van der Waals surface area contributed by atoms with Crippen molar-refractivity contribution in [3.8, 4) is 5.69 Å². The molecule has 3 heterocycles. The molecule has 0 unspecified atom stereocenters. The molecule has 0 spiro atoms. The van der Waals surface area contributed by atoms with Crippen LogP contribution < -0.4 is 10.2 Å². The number of nitrogens with zero attached hydrogens (tertiary/aromatic N) is 5. The highest BCUT2D eigenvalue weighted by Crippen LogP contribution is 2.36. The van der Waals surface area contributed by atoms with Gasteiger partial charge in [-0.2, -0.15) is 28.2 Å². The maximum Gasteiger partial charge on any atom is 0.416 e. The Labute approximate surface area is 199 Å². The number of anilines is 2. The second-order valence-corrected chi connectivity index (χ2v) is 11.7. The molecule has 0 radical (unpaired) electrons. The summed E-state index contributed by atoms with van der Waals surface area (Å²) in [4.78, 5) is 11.0. The molecule has 1 saturated carbocycles. The molecule has 1 aliphatic heterocycles. The molecule has 3 aromatic rings. The van der Waals surface area contributed by atoms with Crippen LogP contribution in [0.1, 0.15) is 31.7 Å². The number of sulfone groups is 1. The van der Waals surface area contributed by atoms with Gasteiger partial charge in [0.05, 0.1) is 33.7 Å². The third-order valence-electron chi connectivity index (χ3n) is 6.79. The van der Waals surface area contributed by atoms with Crippen molar-refractivity contribution in [3.63, 3.8) is 0 Å². The lowest BCUT2D eigenvalue weighted by atomic mass is 9.91. The number of rotatable bonds is 6. The van der Waals surface area contributed by atoms with E-state index in [0.29, 0.717) is 49.2 Å². The zero-order valence-corrected chi connectivity index (χ0v) is 19.9. The average Bonchev–Trinajstić information content (AvgIpc) is 3.16. The normalized spacial score (nSPS) is 22.1. The Bertz CT molecular complexity index is 1380. The van der Waals surface area contributed by atoms with Gasteiger partial charge in [0.15, 0.2) is 5.65 Å². The van der Waals surface area contributed by atoms with E-state index < -0.39 is 32.4 Å². The van der Waals surface area contributed by atoms with Gasteiger partial charge in [-0.25, -0.2) is 13.1 Å². The number of hydrogen-bond acceptors (Lipinski definition) is 8. The monoisotopic (exact) mass is 510 g/mol. The van der Waals surface area contributed by atoms with Crippen LogP contribution in [0.15, 0.2) is 30.5 Å². The molecule has 1 aliphatic carbocycles. The molecular weight excluding hydrogens is 485 g/mol. The van der Waals surface area contributed by atoms with Gasteiger partial charge in [0.25, 0.3) is 0 Å². The molecule has 2 aliphatic rings. The summed E-state index contributed by atoms with van der Waals surface area (Å²) in [5.74, 6) is 0.734. The molecule has 0 bridgehead atoms. The van der Waals surface area contributed by atoms with Gasteiger partial charge in [0.1, 0.15) is 15.7 Å². The molecule has 9 nitrogen and oxygen atoms in total. The third-order valence-corrected chi connectivity index (χ3v) is 8.38. The van der Waals surface area contributed by atoms with Gasteiger partial charge in [-0.05, 0) is 37.5 Å². The first-order valence-corrected chi connectivity index (χ1v) is 13.2. The van der Waals surface area contributed by atoms with Crippen molar-refractivity contribution in [1.29, 1.82) is 0 Å². The fourth-order valence-corrected chi connectivity index (χ4v) is 5.62. The molecule has 188 valence electrons. The van der Waals surface area contributed by atoms with Crippen molar-refractivity contribution in [2.75, 3.05) is 29.6 Å². The van der Waals surface area contributed by atoms with Crippen LogP contribution in [0.5, 0.6) is 0 Å². The Morgan fingerprint density at radius 3 is 2.57 bits per heavy atom. The van der Waals surface area contributed by atoms with Gasteiger partial charge in [-0.1, -0.05) is 13.0 Å². The minimum absolute atomic E-state index is 0.145. The fraction of sp³-hybridized carbons (Fsp3) is 0.500. The lowest BCUT2D eigenvalue weighted by Gasteiger charge is -2.47. The summed E-state index contributed by atoms with van der Waals surface area (Å²) >= 11 is 0. The summed E-state index contributed by atoms with van der Waals surface area (Å²) < 4.78 is 64.7. The van der Waals surface area contributed by atoms with Gasteiger partial charge < -0.3 is 15.3 Å². The lowest BCUT2D eigenvalue weighted by Crippen LogP contribution is -2.62. The van der Waals surface area contributed by atoms with Crippen LogP contribution in [-0.2, 0) is 16.0 Å².